The van der Waals surface area contributed by atoms with Crippen molar-refractivity contribution in [1.29, 1.82) is 0 Å². The molecule has 0 spiro atoms. The number of rotatable bonds is 4. The second-order valence-corrected chi connectivity index (χ2v) is 4.23. The van der Waals surface area contributed by atoms with Crippen LogP contribution in [0, 0.1) is 5.92 Å². The van der Waals surface area contributed by atoms with Crippen LogP contribution < -0.4 is 10.6 Å². The van der Waals surface area contributed by atoms with E-state index in [2.05, 4.69) is 10.6 Å². The minimum absolute atomic E-state index is 0.170. The Morgan fingerprint density at radius 1 is 1.50 bits per heavy atom. The predicted molar refractivity (Wildman–Crippen MR) is 55.6 cm³/mol. The van der Waals surface area contributed by atoms with Crippen molar-refractivity contribution in [2.45, 2.75) is 38.8 Å². The molecule has 3 N–H and O–H groups in total. The first kappa shape index (κ1) is 12.5. The quantitative estimate of drug-likeness (QED) is 0.604. The van der Waals surface area contributed by atoms with E-state index in [4.69, 9.17) is 5.11 Å². The molecule has 0 saturated carbocycles. The predicted octanol–water partition coefficient (Wildman–Crippen LogP) is -0.510. The summed E-state index contributed by atoms with van der Waals surface area (Å²) in [6.45, 7) is 3.43. The van der Waals surface area contributed by atoms with Crippen molar-refractivity contribution in [3.8, 4) is 0 Å². The van der Waals surface area contributed by atoms with Crippen molar-refractivity contribution >= 4 is 17.8 Å². The van der Waals surface area contributed by atoms with Gasteiger partial charge in [0.1, 0.15) is 12.1 Å². The fourth-order valence-corrected chi connectivity index (χ4v) is 1.58. The van der Waals surface area contributed by atoms with Gasteiger partial charge in [-0.15, -0.1) is 0 Å². The summed E-state index contributed by atoms with van der Waals surface area (Å²) in [5.74, 6) is -1.85. The molecule has 1 rings (SSSR count). The van der Waals surface area contributed by atoms with E-state index < -0.39 is 24.0 Å². The van der Waals surface area contributed by atoms with Crippen LogP contribution in [0.2, 0.25) is 0 Å². The van der Waals surface area contributed by atoms with Gasteiger partial charge in [-0.25, -0.2) is 4.79 Å². The van der Waals surface area contributed by atoms with E-state index in [1.807, 2.05) is 0 Å². The highest BCUT2D eigenvalue weighted by atomic mass is 16.4. The molecule has 16 heavy (non-hydrogen) atoms. The van der Waals surface area contributed by atoms with Crippen LogP contribution >= 0.6 is 0 Å². The van der Waals surface area contributed by atoms with Crippen LogP contribution in [0.1, 0.15) is 26.7 Å². The molecule has 1 aliphatic rings. The smallest absolute Gasteiger partial charge is 0.326 e. The maximum absolute atomic E-state index is 11.6. The molecule has 1 heterocycles. The minimum atomic E-state index is -1.06. The Kier molecular flexibility index (Phi) is 3.87. The lowest BCUT2D eigenvalue weighted by atomic mass is 10.0. The second kappa shape index (κ2) is 4.96. The second-order valence-electron chi connectivity index (χ2n) is 4.23. The molecular weight excluding hydrogens is 212 g/mol. The van der Waals surface area contributed by atoms with Crippen molar-refractivity contribution < 1.29 is 19.5 Å². The number of hydrogen-bond acceptors (Lipinski definition) is 3. The van der Waals surface area contributed by atoms with Crippen LogP contribution in [-0.2, 0) is 14.4 Å². The summed E-state index contributed by atoms with van der Waals surface area (Å²) >= 11 is 0. The summed E-state index contributed by atoms with van der Waals surface area (Å²) in [5.41, 5.74) is 0. The number of hydrogen-bond donors (Lipinski definition) is 3. The van der Waals surface area contributed by atoms with Gasteiger partial charge in [0.15, 0.2) is 0 Å². The topological polar surface area (TPSA) is 95.5 Å². The molecule has 6 nitrogen and oxygen atoms in total. The van der Waals surface area contributed by atoms with Crippen molar-refractivity contribution in [3.05, 3.63) is 0 Å². The molecule has 0 aliphatic carbocycles. The molecule has 0 aromatic carbocycles. The zero-order chi connectivity index (χ0) is 12.3. The normalized spacial score (nSPS) is 21.7. The zero-order valence-corrected chi connectivity index (χ0v) is 9.32. The van der Waals surface area contributed by atoms with Gasteiger partial charge in [0, 0.05) is 6.42 Å². The first-order chi connectivity index (χ1) is 7.41. The molecule has 2 atom stereocenters. The monoisotopic (exact) mass is 228 g/mol. The van der Waals surface area contributed by atoms with Crippen LogP contribution in [0.25, 0.3) is 0 Å². The number of nitrogens with one attached hydrogen (secondary N) is 2. The molecule has 2 amide bonds. The van der Waals surface area contributed by atoms with Gasteiger partial charge in [0.05, 0.1) is 0 Å². The van der Waals surface area contributed by atoms with Crippen LogP contribution in [-0.4, -0.2) is 35.0 Å². The highest BCUT2D eigenvalue weighted by molar-refractivity contribution is 5.92. The van der Waals surface area contributed by atoms with Gasteiger partial charge in [-0.05, 0) is 12.3 Å². The minimum Gasteiger partial charge on any atom is -0.480 e. The molecule has 0 bridgehead atoms. The fourth-order valence-electron chi connectivity index (χ4n) is 1.58. The Balaban J connectivity index is 2.55. The van der Waals surface area contributed by atoms with E-state index in [0.29, 0.717) is 12.8 Å². The lowest BCUT2D eigenvalue weighted by Gasteiger charge is -2.20. The number of carbonyl (C=O) groups excluding carboxylic acids is 2. The summed E-state index contributed by atoms with van der Waals surface area (Å²) < 4.78 is 0. The molecule has 0 radical (unpaired) electrons. The van der Waals surface area contributed by atoms with E-state index in [1.165, 1.54) is 0 Å². The van der Waals surface area contributed by atoms with Crippen LogP contribution in [0.3, 0.4) is 0 Å². The SMILES string of the molecule is CC(C)[C@H](NC(=O)[C@@H]1CCC(=O)N1)C(=O)O. The van der Waals surface area contributed by atoms with Crippen LogP contribution in [0.5, 0.6) is 0 Å². The van der Waals surface area contributed by atoms with Gasteiger partial charge in [-0.1, -0.05) is 13.8 Å². The molecular formula is C10H16N2O4. The fraction of sp³-hybridized carbons (Fsp3) is 0.700. The maximum Gasteiger partial charge on any atom is 0.326 e. The van der Waals surface area contributed by atoms with E-state index in [0.717, 1.165) is 0 Å². The van der Waals surface area contributed by atoms with Crippen molar-refractivity contribution in [2.75, 3.05) is 0 Å². The maximum atomic E-state index is 11.6. The average molecular weight is 228 g/mol. The Hall–Kier alpha value is -1.59. The zero-order valence-electron chi connectivity index (χ0n) is 9.32. The van der Waals surface area contributed by atoms with Gasteiger partial charge < -0.3 is 15.7 Å². The van der Waals surface area contributed by atoms with Crippen molar-refractivity contribution in [2.24, 2.45) is 5.92 Å². The Bertz CT molecular complexity index is 314. The van der Waals surface area contributed by atoms with Gasteiger partial charge in [0.25, 0.3) is 0 Å². The number of aliphatic carboxylic acids is 1. The summed E-state index contributed by atoms with van der Waals surface area (Å²) in [6.07, 6.45) is 0.743. The molecule has 1 aliphatic heterocycles. The number of carbonyl (C=O) groups is 3. The Labute approximate surface area is 93.4 Å². The summed E-state index contributed by atoms with van der Waals surface area (Å²) in [5, 5.41) is 13.8. The summed E-state index contributed by atoms with van der Waals surface area (Å²) in [4.78, 5) is 33.4. The third-order valence-electron chi connectivity index (χ3n) is 2.54. The van der Waals surface area contributed by atoms with E-state index in [1.54, 1.807) is 13.8 Å². The van der Waals surface area contributed by atoms with Crippen molar-refractivity contribution in [1.82, 2.24) is 10.6 Å². The first-order valence-corrected chi connectivity index (χ1v) is 5.24. The highest BCUT2D eigenvalue weighted by Crippen LogP contribution is 2.08. The van der Waals surface area contributed by atoms with E-state index in [-0.39, 0.29) is 11.8 Å². The lowest BCUT2D eigenvalue weighted by Crippen LogP contribution is -2.50. The van der Waals surface area contributed by atoms with Crippen LogP contribution in [0.15, 0.2) is 0 Å². The van der Waals surface area contributed by atoms with E-state index in [9.17, 15) is 14.4 Å². The highest BCUT2D eigenvalue weighted by Gasteiger charge is 2.31. The van der Waals surface area contributed by atoms with Crippen LogP contribution in [0.4, 0.5) is 0 Å². The van der Waals surface area contributed by atoms with Gasteiger partial charge in [-0.3, -0.25) is 9.59 Å². The molecule has 90 valence electrons. The molecule has 0 aromatic heterocycles. The standard InChI is InChI=1S/C10H16N2O4/c1-5(2)8(10(15)16)12-9(14)6-3-4-7(13)11-6/h5-6,8H,3-4H2,1-2H3,(H,11,13)(H,12,14)(H,15,16)/t6-,8-/m0/s1. The molecule has 1 saturated heterocycles. The molecule has 0 unspecified atom stereocenters. The first-order valence-electron chi connectivity index (χ1n) is 5.24. The number of carboxylic acid groups (broad SMARTS) is 1. The number of amides is 2. The van der Waals surface area contributed by atoms with Gasteiger partial charge in [-0.2, -0.15) is 0 Å². The van der Waals surface area contributed by atoms with E-state index >= 15 is 0 Å². The summed E-state index contributed by atoms with van der Waals surface area (Å²) in [7, 11) is 0. The van der Waals surface area contributed by atoms with Crippen molar-refractivity contribution in [3.63, 3.8) is 0 Å². The third-order valence-corrected chi connectivity index (χ3v) is 2.54. The summed E-state index contributed by atoms with van der Waals surface area (Å²) in [6, 6.07) is -1.50. The largest absolute Gasteiger partial charge is 0.480 e. The Morgan fingerprint density at radius 2 is 2.12 bits per heavy atom. The molecule has 6 heteroatoms. The average Bonchev–Trinajstić information content (AvgIpc) is 2.59. The number of carboxylic acids is 1. The van der Waals surface area contributed by atoms with Gasteiger partial charge >= 0.3 is 5.97 Å². The molecule has 1 fully saturated rings. The lowest BCUT2D eigenvalue weighted by molar-refractivity contribution is -0.143. The van der Waals surface area contributed by atoms with Gasteiger partial charge in [0.2, 0.25) is 11.8 Å². The third kappa shape index (κ3) is 2.95. The molecule has 0 aromatic rings. The Morgan fingerprint density at radius 3 is 2.50 bits per heavy atom.